The summed E-state index contributed by atoms with van der Waals surface area (Å²) in [6.45, 7) is 7.29. The first-order valence-electron chi connectivity index (χ1n) is 6.19. The summed E-state index contributed by atoms with van der Waals surface area (Å²) in [5.41, 5.74) is 2.45. The van der Waals surface area contributed by atoms with E-state index in [1.165, 1.54) is 5.56 Å². The fourth-order valence-electron chi connectivity index (χ4n) is 2.18. The molecule has 17 heavy (non-hydrogen) atoms. The van der Waals surface area contributed by atoms with E-state index in [0.717, 1.165) is 30.8 Å². The van der Waals surface area contributed by atoms with Crippen molar-refractivity contribution < 1.29 is 4.74 Å². The third-order valence-electron chi connectivity index (χ3n) is 3.30. The van der Waals surface area contributed by atoms with Gasteiger partial charge in [-0.2, -0.15) is 5.26 Å². The normalized spacial score (nSPS) is 19.8. The van der Waals surface area contributed by atoms with Crippen LogP contribution in [-0.2, 0) is 5.41 Å². The fraction of sp³-hybridized carbons (Fsp3) is 0.533. The van der Waals surface area contributed by atoms with Gasteiger partial charge in [-0.05, 0) is 29.9 Å². The molecule has 1 heterocycles. The number of benzene rings is 1. The van der Waals surface area contributed by atoms with Crippen LogP contribution in [0.15, 0.2) is 18.2 Å². The molecule has 1 aliphatic rings. The maximum Gasteiger partial charge on any atom is 0.123 e. The summed E-state index contributed by atoms with van der Waals surface area (Å²) in [6, 6.07) is 8.68. The van der Waals surface area contributed by atoms with E-state index in [1.807, 2.05) is 6.07 Å². The molecule has 1 aromatic rings. The third-order valence-corrected chi connectivity index (χ3v) is 3.30. The number of nitrogens with zero attached hydrogens (tertiary/aromatic N) is 1. The molecular weight excluding hydrogens is 210 g/mol. The molecular formula is C15H19NO. The summed E-state index contributed by atoms with van der Waals surface area (Å²) in [4.78, 5) is 0. The Bertz CT molecular complexity index is 451. The van der Waals surface area contributed by atoms with E-state index in [1.54, 1.807) is 0 Å². The summed E-state index contributed by atoms with van der Waals surface area (Å²) >= 11 is 0. The third kappa shape index (κ3) is 2.44. The topological polar surface area (TPSA) is 33.0 Å². The molecule has 0 aromatic heterocycles. The molecule has 1 aliphatic heterocycles. The summed E-state index contributed by atoms with van der Waals surface area (Å²) in [5, 5.41) is 9.25. The van der Waals surface area contributed by atoms with Gasteiger partial charge in [-0.25, -0.2) is 0 Å². The molecule has 0 radical (unpaired) electrons. The van der Waals surface area contributed by atoms with Crippen molar-refractivity contribution in [3.05, 3.63) is 29.3 Å². The zero-order valence-corrected chi connectivity index (χ0v) is 10.8. The standard InChI is InChI=1S/C15H19NO/c1-15(2,3)12-6-7-14-13(9-12)11(10-16)5-4-8-17-14/h6-7,9,11H,4-5,8H2,1-3H3. The van der Waals surface area contributed by atoms with Crippen LogP contribution in [0.5, 0.6) is 5.75 Å². The lowest BCUT2D eigenvalue weighted by molar-refractivity contribution is 0.316. The van der Waals surface area contributed by atoms with Gasteiger partial charge in [0.1, 0.15) is 5.75 Å². The van der Waals surface area contributed by atoms with Crippen LogP contribution in [0, 0.1) is 11.3 Å². The maximum atomic E-state index is 9.25. The van der Waals surface area contributed by atoms with Crippen molar-refractivity contribution in [1.29, 1.82) is 5.26 Å². The zero-order chi connectivity index (χ0) is 12.5. The average Bonchev–Trinajstić information content (AvgIpc) is 2.48. The van der Waals surface area contributed by atoms with Crippen molar-refractivity contribution in [2.45, 2.75) is 44.9 Å². The van der Waals surface area contributed by atoms with Crippen molar-refractivity contribution >= 4 is 0 Å². The van der Waals surface area contributed by atoms with E-state index in [2.05, 4.69) is 39.0 Å². The number of nitriles is 1. The smallest absolute Gasteiger partial charge is 0.123 e. The largest absolute Gasteiger partial charge is 0.493 e. The Kier molecular flexibility index (Phi) is 3.11. The monoisotopic (exact) mass is 229 g/mol. The fourth-order valence-corrected chi connectivity index (χ4v) is 2.18. The summed E-state index contributed by atoms with van der Waals surface area (Å²) in [5.74, 6) is 0.872. The molecule has 0 amide bonds. The second kappa shape index (κ2) is 4.41. The molecule has 1 unspecified atom stereocenters. The maximum absolute atomic E-state index is 9.25. The zero-order valence-electron chi connectivity index (χ0n) is 10.8. The van der Waals surface area contributed by atoms with Crippen molar-refractivity contribution in [2.75, 3.05) is 6.61 Å². The van der Waals surface area contributed by atoms with E-state index in [4.69, 9.17) is 4.74 Å². The number of ether oxygens (including phenoxy) is 1. The Morgan fingerprint density at radius 1 is 1.35 bits per heavy atom. The highest BCUT2D eigenvalue weighted by Gasteiger charge is 2.22. The van der Waals surface area contributed by atoms with E-state index >= 15 is 0 Å². The first-order valence-corrected chi connectivity index (χ1v) is 6.19. The molecule has 0 aliphatic carbocycles. The van der Waals surface area contributed by atoms with E-state index in [-0.39, 0.29) is 11.3 Å². The molecule has 2 rings (SSSR count). The molecule has 0 N–H and O–H groups in total. The van der Waals surface area contributed by atoms with Crippen LogP contribution in [-0.4, -0.2) is 6.61 Å². The van der Waals surface area contributed by atoms with Gasteiger partial charge in [0.25, 0.3) is 0 Å². The molecule has 0 fully saturated rings. The second-order valence-electron chi connectivity index (χ2n) is 5.67. The Morgan fingerprint density at radius 3 is 2.76 bits per heavy atom. The summed E-state index contributed by atoms with van der Waals surface area (Å²) < 4.78 is 5.70. The van der Waals surface area contributed by atoms with Gasteiger partial charge in [0, 0.05) is 5.56 Å². The number of fused-ring (bicyclic) bond motifs is 1. The van der Waals surface area contributed by atoms with Crippen molar-refractivity contribution in [3.8, 4) is 11.8 Å². The molecule has 0 spiro atoms. The Labute approximate surface area is 103 Å². The van der Waals surface area contributed by atoms with Gasteiger partial charge in [0.2, 0.25) is 0 Å². The van der Waals surface area contributed by atoms with E-state index in [0.29, 0.717) is 0 Å². The number of hydrogen-bond donors (Lipinski definition) is 0. The molecule has 2 heteroatoms. The van der Waals surface area contributed by atoms with Crippen molar-refractivity contribution in [3.63, 3.8) is 0 Å². The van der Waals surface area contributed by atoms with E-state index < -0.39 is 0 Å². The lowest BCUT2D eigenvalue weighted by atomic mass is 9.84. The van der Waals surface area contributed by atoms with E-state index in [9.17, 15) is 5.26 Å². The first kappa shape index (κ1) is 12.0. The van der Waals surface area contributed by atoms with Crippen LogP contribution in [0.1, 0.15) is 50.7 Å². The van der Waals surface area contributed by atoms with Crippen LogP contribution in [0.4, 0.5) is 0 Å². The van der Waals surface area contributed by atoms with Crippen molar-refractivity contribution in [1.82, 2.24) is 0 Å². The Morgan fingerprint density at radius 2 is 2.12 bits per heavy atom. The van der Waals surface area contributed by atoms with Gasteiger partial charge in [-0.15, -0.1) is 0 Å². The van der Waals surface area contributed by atoms with Crippen LogP contribution in [0.2, 0.25) is 0 Å². The van der Waals surface area contributed by atoms with Gasteiger partial charge in [-0.3, -0.25) is 0 Å². The van der Waals surface area contributed by atoms with Crippen molar-refractivity contribution in [2.24, 2.45) is 0 Å². The highest BCUT2D eigenvalue weighted by Crippen LogP contribution is 2.36. The summed E-state index contributed by atoms with van der Waals surface area (Å²) in [6.07, 6.45) is 1.86. The number of rotatable bonds is 0. The molecule has 90 valence electrons. The molecule has 0 bridgehead atoms. The van der Waals surface area contributed by atoms with Gasteiger partial charge in [0.15, 0.2) is 0 Å². The highest BCUT2D eigenvalue weighted by molar-refractivity contribution is 5.44. The SMILES string of the molecule is CC(C)(C)c1ccc2c(c1)C(C#N)CCCO2. The van der Waals surface area contributed by atoms with Crippen LogP contribution < -0.4 is 4.74 Å². The molecule has 1 atom stereocenters. The molecule has 1 aromatic carbocycles. The summed E-state index contributed by atoms with van der Waals surface area (Å²) in [7, 11) is 0. The second-order valence-corrected chi connectivity index (χ2v) is 5.67. The van der Waals surface area contributed by atoms with Crippen LogP contribution in [0.25, 0.3) is 0 Å². The quantitative estimate of drug-likeness (QED) is 0.678. The van der Waals surface area contributed by atoms with Gasteiger partial charge >= 0.3 is 0 Å². The Balaban J connectivity index is 2.48. The predicted octanol–water partition coefficient (Wildman–Crippen LogP) is 3.76. The number of hydrogen-bond acceptors (Lipinski definition) is 2. The minimum absolute atomic E-state index is 0.0187. The highest BCUT2D eigenvalue weighted by atomic mass is 16.5. The Hall–Kier alpha value is -1.49. The minimum atomic E-state index is -0.0187. The predicted molar refractivity (Wildman–Crippen MR) is 68.2 cm³/mol. The van der Waals surface area contributed by atoms with Crippen LogP contribution in [0.3, 0.4) is 0 Å². The first-order chi connectivity index (χ1) is 8.02. The lowest BCUT2D eigenvalue weighted by Gasteiger charge is -2.21. The van der Waals surface area contributed by atoms with Gasteiger partial charge in [-0.1, -0.05) is 32.9 Å². The van der Waals surface area contributed by atoms with Gasteiger partial charge < -0.3 is 4.74 Å². The average molecular weight is 229 g/mol. The molecule has 0 saturated carbocycles. The van der Waals surface area contributed by atoms with Crippen LogP contribution >= 0.6 is 0 Å². The molecule has 0 saturated heterocycles. The van der Waals surface area contributed by atoms with Gasteiger partial charge in [0.05, 0.1) is 18.6 Å². The molecule has 2 nitrogen and oxygen atoms in total. The minimum Gasteiger partial charge on any atom is -0.493 e. The lowest BCUT2D eigenvalue weighted by Crippen LogP contribution is -2.12.